The molecule has 0 aliphatic heterocycles. The van der Waals surface area contributed by atoms with Crippen LogP contribution in [0.1, 0.15) is 17.3 Å². The van der Waals surface area contributed by atoms with Gasteiger partial charge in [-0.05, 0) is 31.4 Å². The summed E-state index contributed by atoms with van der Waals surface area (Å²) in [6.45, 7) is 1.57. The minimum Gasteiger partial charge on any atom is -0.497 e. The molecule has 1 aromatic carbocycles. The molecule has 1 aromatic rings. The van der Waals surface area contributed by atoms with E-state index in [0.29, 0.717) is 0 Å². The number of rotatable bonds is 3. The van der Waals surface area contributed by atoms with Crippen LogP contribution in [0.3, 0.4) is 0 Å². The summed E-state index contributed by atoms with van der Waals surface area (Å²) in [5, 5.41) is 0. The van der Waals surface area contributed by atoms with Gasteiger partial charge in [0.2, 0.25) is 0 Å². The first-order valence-electron chi connectivity index (χ1n) is 3.92. The van der Waals surface area contributed by atoms with E-state index >= 15 is 0 Å². The monoisotopic (exact) mass is 196 g/mol. The number of benzene rings is 1. The highest BCUT2D eigenvalue weighted by molar-refractivity contribution is 7.98. The largest absolute Gasteiger partial charge is 0.497 e. The molecule has 0 saturated carbocycles. The summed E-state index contributed by atoms with van der Waals surface area (Å²) in [5.74, 6) is 0.876. The van der Waals surface area contributed by atoms with Crippen LogP contribution < -0.4 is 4.74 Å². The van der Waals surface area contributed by atoms with Crippen molar-refractivity contribution in [1.82, 2.24) is 0 Å². The Hall–Kier alpha value is -0.960. The molecule has 0 atom stereocenters. The highest BCUT2D eigenvalue weighted by atomic mass is 32.2. The molecule has 0 aliphatic carbocycles. The summed E-state index contributed by atoms with van der Waals surface area (Å²) in [4.78, 5) is 12.1. The lowest BCUT2D eigenvalue weighted by Gasteiger charge is -2.06. The Kier molecular flexibility index (Phi) is 3.37. The van der Waals surface area contributed by atoms with Gasteiger partial charge in [-0.25, -0.2) is 0 Å². The van der Waals surface area contributed by atoms with Crippen molar-refractivity contribution in [1.29, 1.82) is 0 Å². The van der Waals surface area contributed by atoms with Gasteiger partial charge in [0, 0.05) is 10.5 Å². The molecule has 0 fully saturated rings. The fraction of sp³-hybridized carbons (Fsp3) is 0.300. The smallest absolute Gasteiger partial charge is 0.160 e. The van der Waals surface area contributed by atoms with Gasteiger partial charge in [-0.1, -0.05) is 0 Å². The Morgan fingerprint density at radius 1 is 1.46 bits per heavy atom. The fourth-order valence-corrected chi connectivity index (χ4v) is 1.76. The number of ketones is 1. The summed E-state index contributed by atoms with van der Waals surface area (Å²) < 4.78 is 5.07. The van der Waals surface area contributed by atoms with Crippen LogP contribution in [0.4, 0.5) is 0 Å². The molecule has 0 aromatic heterocycles. The van der Waals surface area contributed by atoms with Crippen LogP contribution in [0.15, 0.2) is 23.1 Å². The highest BCUT2D eigenvalue weighted by Crippen LogP contribution is 2.25. The Balaban J connectivity index is 3.15. The molecule has 1 rings (SSSR count). The van der Waals surface area contributed by atoms with Crippen molar-refractivity contribution < 1.29 is 9.53 Å². The molecule has 0 amide bonds. The van der Waals surface area contributed by atoms with Crippen LogP contribution in [0.5, 0.6) is 5.75 Å². The maximum absolute atomic E-state index is 11.2. The second-order valence-corrected chi connectivity index (χ2v) is 3.47. The molecule has 0 spiro atoms. The van der Waals surface area contributed by atoms with Gasteiger partial charge in [0.25, 0.3) is 0 Å². The first kappa shape index (κ1) is 10.1. The molecular weight excluding hydrogens is 184 g/mol. The maximum Gasteiger partial charge on any atom is 0.160 e. The van der Waals surface area contributed by atoms with Crippen molar-refractivity contribution in [2.24, 2.45) is 0 Å². The van der Waals surface area contributed by atoms with Crippen LogP contribution in [-0.4, -0.2) is 19.1 Å². The van der Waals surface area contributed by atoms with E-state index in [0.717, 1.165) is 16.2 Å². The predicted octanol–water partition coefficient (Wildman–Crippen LogP) is 2.62. The minimum absolute atomic E-state index is 0.0898. The van der Waals surface area contributed by atoms with Gasteiger partial charge in [-0.3, -0.25) is 4.79 Å². The van der Waals surface area contributed by atoms with Gasteiger partial charge in [-0.15, -0.1) is 11.8 Å². The Morgan fingerprint density at radius 3 is 2.62 bits per heavy atom. The highest BCUT2D eigenvalue weighted by Gasteiger charge is 2.06. The third-order valence-corrected chi connectivity index (χ3v) is 2.57. The Morgan fingerprint density at radius 2 is 2.15 bits per heavy atom. The van der Waals surface area contributed by atoms with Crippen molar-refractivity contribution in [2.75, 3.05) is 13.4 Å². The van der Waals surface area contributed by atoms with E-state index in [1.165, 1.54) is 0 Å². The van der Waals surface area contributed by atoms with Crippen molar-refractivity contribution in [2.45, 2.75) is 11.8 Å². The predicted molar refractivity (Wildman–Crippen MR) is 54.8 cm³/mol. The van der Waals surface area contributed by atoms with Gasteiger partial charge in [0.1, 0.15) is 5.75 Å². The van der Waals surface area contributed by atoms with Crippen LogP contribution in [0.25, 0.3) is 0 Å². The van der Waals surface area contributed by atoms with E-state index in [1.807, 2.05) is 12.3 Å². The lowest BCUT2D eigenvalue weighted by atomic mass is 10.1. The SMILES string of the molecule is COc1ccc(C(C)=O)c(SC)c1. The molecule has 0 radical (unpaired) electrons. The Labute approximate surface area is 82.3 Å². The number of thioether (sulfide) groups is 1. The van der Waals surface area contributed by atoms with Gasteiger partial charge in [0.15, 0.2) is 5.78 Å². The Bertz CT molecular complexity index is 321. The molecule has 0 N–H and O–H groups in total. The topological polar surface area (TPSA) is 26.3 Å². The molecule has 0 aliphatic rings. The lowest BCUT2D eigenvalue weighted by Crippen LogP contribution is -1.95. The average Bonchev–Trinajstić information content (AvgIpc) is 2.16. The normalized spacial score (nSPS) is 9.77. The number of Topliss-reactive ketones (excluding diaryl/α,β-unsaturated/α-hetero) is 1. The molecule has 3 heteroatoms. The van der Waals surface area contributed by atoms with Crippen LogP contribution in [0, 0.1) is 0 Å². The fourth-order valence-electron chi connectivity index (χ4n) is 1.09. The third kappa shape index (κ3) is 2.25. The zero-order valence-corrected chi connectivity index (χ0v) is 8.77. The molecule has 0 saturated heterocycles. The van der Waals surface area contributed by atoms with E-state index in [4.69, 9.17) is 4.74 Å². The number of hydrogen-bond donors (Lipinski definition) is 0. The lowest BCUT2D eigenvalue weighted by molar-refractivity contribution is 0.101. The first-order chi connectivity index (χ1) is 6.19. The number of carbonyl (C=O) groups excluding carboxylic acids is 1. The van der Waals surface area contributed by atoms with E-state index in [-0.39, 0.29) is 5.78 Å². The number of carbonyl (C=O) groups is 1. The first-order valence-corrected chi connectivity index (χ1v) is 5.14. The van der Waals surface area contributed by atoms with Crippen molar-refractivity contribution >= 4 is 17.5 Å². The van der Waals surface area contributed by atoms with E-state index < -0.39 is 0 Å². The average molecular weight is 196 g/mol. The van der Waals surface area contributed by atoms with Gasteiger partial charge in [0.05, 0.1) is 7.11 Å². The van der Waals surface area contributed by atoms with Crippen LogP contribution in [-0.2, 0) is 0 Å². The summed E-state index contributed by atoms with van der Waals surface area (Å²) in [6, 6.07) is 5.48. The van der Waals surface area contributed by atoms with Gasteiger partial charge < -0.3 is 4.74 Å². The van der Waals surface area contributed by atoms with Crippen LogP contribution in [0.2, 0.25) is 0 Å². The molecule has 13 heavy (non-hydrogen) atoms. The molecule has 70 valence electrons. The van der Waals surface area contributed by atoms with E-state index in [9.17, 15) is 4.79 Å². The summed E-state index contributed by atoms with van der Waals surface area (Å²) in [6.07, 6.45) is 1.95. The van der Waals surface area contributed by atoms with Gasteiger partial charge in [-0.2, -0.15) is 0 Å². The zero-order valence-electron chi connectivity index (χ0n) is 7.96. The second-order valence-electron chi connectivity index (χ2n) is 2.62. The summed E-state index contributed by atoms with van der Waals surface area (Å²) in [7, 11) is 1.62. The maximum atomic E-state index is 11.2. The van der Waals surface area contributed by atoms with Crippen LogP contribution >= 0.6 is 11.8 Å². The molecule has 0 heterocycles. The number of methoxy groups -OCH3 is 1. The van der Waals surface area contributed by atoms with Crippen molar-refractivity contribution in [3.8, 4) is 5.75 Å². The van der Waals surface area contributed by atoms with E-state index in [2.05, 4.69) is 0 Å². The number of ether oxygens (including phenoxy) is 1. The quantitative estimate of drug-likeness (QED) is 0.549. The van der Waals surface area contributed by atoms with Gasteiger partial charge >= 0.3 is 0 Å². The molecule has 0 bridgehead atoms. The molecule has 0 unspecified atom stereocenters. The summed E-state index contributed by atoms with van der Waals surface area (Å²) in [5.41, 5.74) is 0.758. The minimum atomic E-state index is 0.0898. The van der Waals surface area contributed by atoms with Crippen molar-refractivity contribution in [3.63, 3.8) is 0 Å². The molecule has 2 nitrogen and oxygen atoms in total. The van der Waals surface area contributed by atoms with Crippen molar-refractivity contribution in [3.05, 3.63) is 23.8 Å². The van der Waals surface area contributed by atoms with E-state index in [1.54, 1.807) is 37.9 Å². The third-order valence-electron chi connectivity index (χ3n) is 1.79. The standard InChI is InChI=1S/C10H12O2S/c1-7(11)9-5-4-8(12-2)6-10(9)13-3/h4-6H,1-3H3. The molecular formula is C10H12O2S. The summed E-state index contributed by atoms with van der Waals surface area (Å²) >= 11 is 1.55. The zero-order chi connectivity index (χ0) is 9.84. The number of hydrogen-bond acceptors (Lipinski definition) is 3. The second kappa shape index (κ2) is 4.33.